The topological polar surface area (TPSA) is 44.7 Å². The largest absolute Gasteiger partial charge is 0.369 e. The number of nitrogens with zero attached hydrogens (tertiary/aromatic N) is 2. The van der Waals surface area contributed by atoms with Gasteiger partial charge in [-0.1, -0.05) is 11.6 Å². The molecule has 1 N–H and O–H groups in total. The molecule has 1 fully saturated rings. The highest BCUT2D eigenvalue weighted by molar-refractivity contribution is 6.33. The van der Waals surface area contributed by atoms with Gasteiger partial charge in [0.15, 0.2) is 11.6 Å². The molecule has 29 heavy (non-hydrogen) atoms. The average molecular weight is 424 g/mol. The number of aryl methyl sites for hydroxylation is 1. The molecule has 2 aromatic carbocycles. The average Bonchev–Trinajstić information content (AvgIpc) is 2.70. The quantitative estimate of drug-likeness (QED) is 0.417. The van der Waals surface area contributed by atoms with Gasteiger partial charge < -0.3 is 4.90 Å². The summed E-state index contributed by atoms with van der Waals surface area (Å²) in [6.45, 7) is 5.12. The molecule has 1 aliphatic rings. The third kappa shape index (κ3) is 4.72. The van der Waals surface area contributed by atoms with E-state index in [1.54, 1.807) is 13.0 Å². The van der Waals surface area contributed by atoms with Gasteiger partial charge >= 0.3 is 0 Å². The van der Waals surface area contributed by atoms with Gasteiger partial charge in [-0.15, -0.1) is 0 Å². The second kappa shape index (κ2) is 8.86. The summed E-state index contributed by atoms with van der Waals surface area (Å²) < 4.78 is 41.2. The molecule has 4 nitrogen and oxygen atoms in total. The number of carbonyl (C=O) groups excluding carboxylic acids is 1. The number of hydrogen-bond acceptors (Lipinski definition) is 3. The minimum atomic E-state index is -1.19. The number of rotatable bonds is 4. The van der Waals surface area contributed by atoms with Gasteiger partial charge in [-0.05, 0) is 62.9 Å². The van der Waals surface area contributed by atoms with Crippen molar-refractivity contribution in [2.24, 2.45) is 5.10 Å². The molecule has 0 atom stereocenters. The molecular weight excluding hydrogens is 403 g/mol. The monoisotopic (exact) mass is 423 g/mol. The molecule has 1 amide bonds. The van der Waals surface area contributed by atoms with Gasteiger partial charge in [0.2, 0.25) is 0 Å². The number of benzene rings is 2. The predicted octanol–water partition coefficient (Wildman–Crippen LogP) is 5.21. The van der Waals surface area contributed by atoms with E-state index in [1.165, 1.54) is 6.07 Å². The molecule has 3 rings (SSSR count). The first-order valence-electron chi connectivity index (χ1n) is 9.32. The van der Waals surface area contributed by atoms with Crippen LogP contribution in [0.1, 0.15) is 47.7 Å². The molecule has 1 saturated heterocycles. The Bertz CT molecular complexity index is 972. The fourth-order valence-electron chi connectivity index (χ4n) is 3.38. The summed E-state index contributed by atoms with van der Waals surface area (Å²) in [6.07, 6.45) is 3.24. The Kier molecular flexibility index (Phi) is 6.47. The number of nitrogens with one attached hydrogen (secondary N) is 1. The van der Waals surface area contributed by atoms with Gasteiger partial charge in [0.25, 0.3) is 5.91 Å². The van der Waals surface area contributed by atoms with E-state index >= 15 is 0 Å². The van der Waals surface area contributed by atoms with E-state index in [4.69, 9.17) is 11.6 Å². The van der Waals surface area contributed by atoms with Crippen LogP contribution in [0, 0.1) is 24.4 Å². The second-order valence-corrected chi connectivity index (χ2v) is 7.46. The van der Waals surface area contributed by atoms with Gasteiger partial charge in [-0.25, -0.2) is 18.6 Å². The summed E-state index contributed by atoms with van der Waals surface area (Å²) in [6, 6.07) is 4.61. The smallest absolute Gasteiger partial charge is 0.272 e. The Balaban J connectivity index is 1.80. The van der Waals surface area contributed by atoms with Crippen molar-refractivity contribution in [1.29, 1.82) is 0 Å². The normalized spacial score (nSPS) is 14.8. The fraction of sp³-hybridized carbons (Fsp3) is 0.333. The van der Waals surface area contributed by atoms with Crippen LogP contribution in [0.4, 0.5) is 18.9 Å². The maximum atomic E-state index is 14.7. The van der Waals surface area contributed by atoms with Crippen molar-refractivity contribution in [3.8, 4) is 0 Å². The molecule has 0 radical (unpaired) electrons. The van der Waals surface area contributed by atoms with Crippen LogP contribution in [0.15, 0.2) is 29.4 Å². The molecule has 0 bridgehead atoms. The van der Waals surface area contributed by atoms with E-state index in [0.29, 0.717) is 23.0 Å². The number of amides is 1. The molecule has 154 valence electrons. The first-order chi connectivity index (χ1) is 13.8. The molecule has 0 unspecified atom stereocenters. The van der Waals surface area contributed by atoms with Gasteiger partial charge in [0.05, 0.1) is 22.0 Å². The lowest BCUT2D eigenvalue weighted by Crippen LogP contribution is -2.30. The van der Waals surface area contributed by atoms with Crippen molar-refractivity contribution < 1.29 is 18.0 Å². The Morgan fingerprint density at radius 1 is 1.00 bits per heavy atom. The maximum absolute atomic E-state index is 14.7. The van der Waals surface area contributed by atoms with Crippen molar-refractivity contribution >= 4 is 28.9 Å². The Morgan fingerprint density at radius 2 is 1.62 bits per heavy atom. The van der Waals surface area contributed by atoms with Crippen LogP contribution in [0.3, 0.4) is 0 Å². The van der Waals surface area contributed by atoms with Crippen LogP contribution in [0.2, 0.25) is 5.02 Å². The van der Waals surface area contributed by atoms with E-state index < -0.39 is 17.5 Å². The van der Waals surface area contributed by atoms with Gasteiger partial charge in [0.1, 0.15) is 5.82 Å². The minimum Gasteiger partial charge on any atom is -0.369 e. The van der Waals surface area contributed by atoms with Crippen molar-refractivity contribution in [2.75, 3.05) is 18.0 Å². The summed E-state index contributed by atoms with van der Waals surface area (Å²) >= 11 is 5.80. The number of piperidine rings is 1. The molecule has 0 saturated carbocycles. The molecular formula is C21H21ClF3N3O. The third-order valence-corrected chi connectivity index (χ3v) is 5.27. The Hall–Kier alpha value is -2.54. The van der Waals surface area contributed by atoms with Gasteiger partial charge in [-0.3, -0.25) is 4.79 Å². The molecule has 2 aromatic rings. The van der Waals surface area contributed by atoms with Crippen LogP contribution >= 0.6 is 11.6 Å². The van der Waals surface area contributed by atoms with Crippen molar-refractivity contribution in [2.45, 2.75) is 33.1 Å². The van der Waals surface area contributed by atoms with E-state index in [-0.39, 0.29) is 16.4 Å². The number of hydrazone groups is 1. The highest BCUT2D eigenvalue weighted by Crippen LogP contribution is 2.27. The maximum Gasteiger partial charge on any atom is 0.272 e. The van der Waals surface area contributed by atoms with Crippen LogP contribution in [-0.4, -0.2) is 24.7 Å². The molecule has 1 aliphatic heterocycles. The van der Waals surface area contributed by atoms with Crippen molar-refractivity contribution in [3.63, 3.8) is 0 Å². The number of hydrogen-bond donors (Lipinski definition) is 1. The van der Waals surface area contributed by atoms with Crippen LogP contribution in [0.5, 0.6) is 0 Å². The zero-order valence-corrected chi connectivity index (χ0v) is 16.9. The van der Waals surface area contributed by atoms with Crippen molar-refractivity contribution in [1.82, 2.24) is 5.43 Å². The number of anilines is 1. The zero-order chi connectivity index (χ0) is 21.1. The highest BCUT2D eigenvalue weighted by Gasteiger charge is 2.18. The van der Waals surface area contributed by atoms with Crippen LogP contribution in [0.25, 0.3) is 0 Å². The van der Waals surface area contributed by atoms with Gasteiger partial charge in [-0.2, -0.15) is 5.10 Å². The lowest BCUT2D eigenvalue weighted by atomic mass is 10.0. The Morgan fingerprint density at radius 3 is 2.31 bits per heavy atom. The lowest BCUT2D eigenvalue weighted by molar-refractivity contribution is 0.0954. The molecule has 0 aromatic heterocycles. The first-order valence-corrected chi connectivity index (χ1v) is 9.70. The van der Waals surface area contributed by atoms with E-state index in [0.717, 1.165) is 44.0 Å². The van der Waals surface area contributed by atoms with Crippen molar-refractivity contribution in [3.05, 3.63) is 63.4 Å². The summed E-state index contributed by atoms with van der Waals surface area (Å²) in [5, 5.41) is 3.74. The number of carbonyl (C=O) groups is 1. The second-order valence-electron chi connectivity index (χ2n) is 7.05. The molecule has 1 heterocycles. The fourth-order valence-corrected chi connectivity index (χ4v) is 3.62. The summed E-state index contributed by atoms with van der Waals surface area (Å²) in [5.74, 6) is -3.48. The molecule has 8 heteroatoms. The SMILES string of the molecule is CC(=NNC(=O)c1cc(F)c(F)cc1Cl)c1cc(F)c(N2CCCCC2)cc1C. The van der Waals surface area contributed by atoms with Crippen LogP contribution < -0.4 is 10.3 Å². The van der Waals surface area contributed by atoms with Gasteiger partial charge in [0, 0.05) is 18.7 Å². The summed E-state index contributed by atoms with van der Waals surface area (Å²) in [4.78, 5) is 14.2. The Labute approximate surface area is 172 Å². The zero-order valence-electron chi connectivity index (χ0n) is 16.2. The summed E-state index contributed by atoms with van der Waals surface area (Å²) in [5.41, 5.74) is 4.30. The van der Waals surface area contributed by atoms with E-state index in [2.05, 4.69) is 10.5 Å². The standard InChI is InChI=1S/C21H21ClF3N3O/c1-12-8-20(28-6-4-3-5-7-28)19(25)9-14(12)13(2)26-27-21(29)15-10-17(23)18(24)11-16(15)22/h8-11H,3-7H2,1-2H3,(H,27,29). The minimum absolute atomic E-state index is 0.234. The van der Waals surface area contributed by atoms with Crippen LogP contribution in [-0.2, 0) is 0 Å². The lowest BCUT2D eigenvalue weighted by Gasteiger charge is -2.29. The summed E-state index contributed by atoms with van der Waals surface area (Å²) in [7, 11) is 0. The number of halogens is 4. The highest BCUT2D eigenvalue weighted by atomic mass is 35.5. The molecule has 0 aliphatic carbocycles. The van der Waals surface area contributed by atoms with E-state index in [1.807, 2.05) is 11.8 Å². The van der Waals surface area contributed by atoms with E-state index in [9.17, 15) is 18.0 Å². The molecule has 0 spiro atoms. The first kappa shape index (κ1) is 21.2. The predicted molar refractivity (Wildman–Crippen MR) is 108 cm³/mol. The third-order valence-electron chi connectivity index (χ3n) is 4.96.